The summed E-state index contributed by atoms with van der Waals surface area (Å²) in [6, 6.07) is 3.74. The van der Waals surface area contributed by atoms with Crippen molar-refractivity contribution >= 4 is 23.2 Å². The molecule has 0 atom stereocenters. The lowest BCUT2D eigenvalue weighted by molar-refractivity contribution is -0.385. The van der Waals surface area contributed by atoms with Gasteiger partial charge in [0.1, 0.15) is 5.56 Å². The number of rotatable bonds is 4. The Morgan fingerprint density at radius 3 is 2.67 bits per heavy atom. The van der Waals surface area contributed by atoms with Crippen LogP contribution < -0.4 is 5.32 Å². The molecule has 0 radical (unpaired) electrons. The van der Waals surface area contributed by atoms with E-state index in [1.54, 1.807) is 13.8 Å². The van der Waals surface area contributed by atoms with Crippen molar-refractivity contribution in [3.8, 4) is 0 Å². The number of nitro benzene ring substituents is 1. The van der Waals surface area contributed by atoms with Gasteiger partial charge >= 0.3 is 0 Å². The van der Waals surface area contributed by atoms with Gasteiger partial charge in [-0.1, -0.05) is 11.6 Å². The van der Waals surface area contributed by atoms with Crippen molar-refractivity contribution in [3.63, 3.8) is 0 Å². The fourth-order valence-electron chi connectivity index (χ4n) is 1.26. The molecule has 0 aliphatic heterocycles. The van der Waals surface area contributed by atoms with Crippen LogP contribution >= 0.6 is 11.6 Å². The van der Waals surface area contributed by atoms with Crippen molar-refractivity contribution in [2.24, 2.45) is 0 Å². The van der Waals surface area contributed by atoms with Gasteiger partial charge in [-0.25, -0.2) is 0 Å². The molecule has 98 valence electrons. The number of nitrogens with zero attached hydrogens (tertiary/aromatic N) is 1. The normalized spacial score (nSPS) is 11.1. The molecule has 2 N–H and O–H groups in total. The molecule has 1 aromatic rings. The summed E-state index contributed by atoms with van der Waals surface area (Å²) in [5.74, 6) is -0.650. The zero-order chi connectivity index (χ0) is 13.9. The number of carbonyl (C=O) groups is 1. The summed E-state index contributed by atoms with van der Waals surface area (Å²) in [5, 5.41) is 22.6. The molecule has 0 unspecified atom stereocenters. The highest BCUT2D eigenvalue weighted by Gasteiger charge is 2.25. The van der Waals surface area contributed by atoms with Crippen molar-refractivity contribution in [2.75, 3.05) is 6.61 Å². The largest absolute Gasteiger partial charge is 0.394 e. The fourth-order valence-corrected chi connectivity index (χ4v) is 1.44. The molecule has 0 bridgehead atoms. The van der Waals surface area contributed by atoms with Crippen LogP contribution in [-0.2, 0) is 0 Å². The van der Waals surface area contributed by atoms with Gasteiger partial charge in [0.25, 0.3) is 11.6 Å². The highest BCUT2D eigenvalue weighted by Crippen LogP contribution is 2.23. The van der Waals surface area contributed by atoms with Crippen LogP contribution in [0.25, 0.3) is 0 Å². The Morgan fingerprint density at radius 2 is 2.17 bits per heavy atom. The summed E-state index contributed by atoms with van der Waals surface area (Å²) < 4.78 is 0. The Labute approximate surface area is 109 Å². The third kappa shape index (κ3) is 3.41. The van der Waals surface area contributed by atoms with E-state index in [0.29, 0.717) is 0 Å². The number of hydrogen-bond donors (Lipinski definition) is 2. The van der Waals surface area contributed by atoms with Crippen LogP contribution in [0, 0.1) is 10.1 Å². The first-order chi connectivity index (χ1) is 8.26. The molecular formula is C11H13ClN2O4. The summed E-state index contributed by atoms with van der Waals surface area (Å²) >= 11 is 5.72. The molecule has 0 spiro atoms. The summed E-state index contributed by atoms with van der Waals surface area (Å²) in [6.07, 6.45) is 0. The summed E-state index contributed by atoms with van der Waals surface area (Å²) in [7, 11) is 0. The van der Waals surface area contributed by atoms with Gasteiger partial charge in [-0.2, -0.15) is 0 Å². The molecule has 0 fully saturated rings. The van der Waals surface area contributed by atoms with Crippen LogP contribution in [0.15, 0.2) is 18.2 Å². The predicted octanol–water partition coefficient (Wildman–Crippen LogP) is 1.75. The topological polar surface area (TPSA) is 92.5 Å². The molecule has 1 rings (SSSR count). The number of hydrogen-bond acceptors (Lipinski definition) is 4. The summed E-state index contributed by atoms with van der Waals surface area (Å²) in [5.41, 5.74) is -1.33. The Bertz CT molecular complexity index is 488. The van der Waals surface area contributed by atoms with Crippen molar-refractivity contribution < 1.29 is 14.8 Å². The van der Waals surface area contributed by atoms with Crippen LogP contribution in [0.5, 0.6) is 0 Å². The molecule has 0 saturated carbocycles. The van der Waals surface area contributed by atoms with Gasteiger partial charge in [0.05, 0.1) is 17.1 Å². The lowest BCUT2D eigenvalue weighted by Crippen LogP contribution is -2.46. The smallest absolute Gasteiger partial charge is 0.282 e. The van der Waals surface area contributed by atoms with Gasteiger partial charge in [-0.05, 0) is 26.0 Å². The fraction of sp³-hybridized carbons (Fsp3) is 0.364. The van der Waals surface area contributed by atoms with Crippen molar-refractivity contribution in [1.82, 2.24) is 5.32 Å². The number of nitrogens with one attached hydrogen (secondary N) is 1. The van der Waals surface area contributed by atoms with Gasteiger partial charge in [0, 0.05) is 11.1 Å². The van der Waals surface area contributed by atoms with Crippen molar-refractivity contribution in [2.45, 2.75) is 19.4 Å². The quantitative estimate of drug-likeness (QED) is 0.645. The second kappa shape index (κ2) is 5.32. The van der Waals surface area contributed by atoms with E-state index in [0.717, 1.165) is 0 Å². The molecule has 0 heterocycles. The first-order valence-corrected chi connectivity index (χ1v) is 5.52. The van der Waals surface area contributed by atoms with Gasteiger partial charge in [-0.15, -0.1) is 0 Å². The molecule has 7 heteroatoms. The maximum Gasteiger partial charge on any atom is 0.282 e. The molecular weight excluding hydrogens is 260 g/mol. The number of carbonyl (C=O) groups excluding carboxylic acids is 1. The minimum absolute atomic E-state index is 0.131. The SMILES string of the molecule is CC(C)(CO)NC(=O)c1cc(Cl)ccc1[N+](=O)[O-]. The lowest BCUT2D eigenvalue weighted by atomic mass is 10.1. The molecule has 0 aromatic heterocycles. The Balaban J connectivity index is 3.12. The zero-order valence-corrected chi connectivity index (χ0v) is 10.7. The van der Waals surface area contributed by atoms with Crippen molar-refractivity contribution in [1.29, 1.82) is 0 Å². The van der Waals surface area contributed by atoms with E-state index in [2.05, 4.69) is 5.32 Å². The van der Waals surface area contributed by atoms with Gasteiger partial charge < -0.3 is 10.4 Å². The second-order valence-corrected chi connectivity index (χ2v) is 4.85. The van der Waals surface area contributed by atoms with Gasteiger partial charge in [0.15, 0.2) is 0 Å². The van der Waals surface area contributed by atoms with E-state index in [1.165, 1.54) is 18.2 Å². The zero-order valence-electron chi connectivity index (χ0n) is 9.94. The lowest BCUT2D eigenvalue weighted by Gasteiger charge is -2.23. The summed E-state index contributed by atoms with van der Waals surface area (Å²) in [6.45, 7) is 2.91. The highest BCUT2D eigenvalue weighted by molar-refractivity contribution is 6.31. The number of aliphatic hydroxyl groups excluding tert-OH is 1. The Hall–Kier alpha value is -1.66. The van der Waals surface area contributed by atoms with Crippen LogP contribution in [0.2, 0.25) is 5.02 Å². The molecule has 1 aromatic carbocycles. The first kappa shape index (κ1) is 14.4. The molecule has 18 heavy (non-hydrogen) atoms. The number of benzene rings is 1. The molecule has 0 saturated heterocycles. The minimum Gasteiger partial charge on any atom is -0.394 e. The van der Waals surface area contributed by atoms with Crippen LogP contribution in [0.3, 0.4) is 0 Å². The Kier molecular flexibility index (Phi) is 4.26. The average Bonchev–Trinajstić information content (AvgIpc) is 2.28. The van der Waals surface area contributed by atoms with E-state index in [1.807, 2.05) is 0 Å². The third-order valence-electron chi connectivity index (χ3n) is 2.25. The minimum atomic E-state index is -0.868. The standard InChI is InChI=1S/C11H13ClN2O4/c1-11(2,6-15)13-10(16)8-5-7(12)3-4-9(8)14(17)18/h3-5,15H,6H2,1-2H3,(H,13,16). The number of halogens is 1. The van der Waals surface area contributed by atoms with E-state index in [4.69, 9.17) is 16.7 Å². The number of aliphatic hydroxyl groups is 1. The Morgan fingerprint density at radius 1 is 1.56 bits per heavy atom. The first-order valence-electron chi connectivity index (χ1n) is 5.14. The van der Waals surface area contributed by atoms with Crippen molar-refractivity contribution in [3.05, 3.63) is 38.9 Å². The molecule has 0 aliphatic carbocycles. The van der Waals surface area contributed by atoms with Crippen LogP contribution in [-0.4, -0.2) is 28.1 Å². The molecule has 0 aliphatic rings. The molecule has 1 amide bonds. The molecule has 6 nitrogen and oxygen atoms in total. The van der Waals surface area contributed by atoms with E-state index in [9.17, 15) is 14.9 Å². The maximum atomic E-state index is 11.9. The number of amides is 1. The van der Waals surface area contributed by atoms with E-state index in [-0.39, 0.29) is 22.9 Å². The van der Waals surface area contributed by atoms with Crippen LogP contribution in [0.1, 0.15) is 24.2 Å². The van der Waals surface area contributed by atoms with E-state index >= 15 is 0 Å². The second-order valence-electron chi connectivity index (χ2n) is 4.41. The monoisotopic (exact) mass is 272 g/mol. The predicted molar refractivity (Wildman–Crippen MR) is 66.7 cm³/mol. The summed E-state index contributed by atoms with van der Waals surface area (Å²) in [4.78, 5) is 22.1. The average molecular weight is 273 g/mol. The third-order valence-corrected chi connectivity index (χ3v) is 2.48. The maximum absolute atomic E-state index is 11.9. The number of nitro groups is 1. The van der Waals surface area contributed by atoms with E-state index < -0.39 is 16.4 Å². The van der Waals surface area contributed by atoms with Gasteiger partial charge in [0.2, 0.25) is 0 Å². The van der Waals surface area contributed by atoms with Crippen LogP contribution in [0.4, 0.5) is 5.69 Å². The van der Waals surface area contributed by atoms with Gasteiger partial charge in [-0.3, -0.25) is 14.9 Å². The highest BCUT2D eigenvalue weighted by atomic mass is 35.5.